The number of benzene rings is 1. The number of imidazole rings is 2. The fraction of sp³-hybridized carbons (Fsp3) is 0.143. The van der Waals surface area contributed by atoms with Crippen molar-refractivity contribution in [1.29, 1.82) is 0 Å². The van der Waals surface area contributed by atoms with Crippen LogP contribution in [0.5, 0.6) is 0 Å². The number of hydrogen-bond donors (Lipinski definition) is 1. The highest BCUT2D eigenvalue weighted by molar-refractivity contribution is 6.28. The topological polar surface area (TPSA) is 72.3 Å². The first kappa shape index (κ1) is 12.3. The van der Waals surface area contributed by atoms with Crippen LogP contribution in [0, 0.1) is 0 Å². The number of nitrogens with one attached hydrogen (secondary N) is 1. The lowest BCUT2D eigenvalue weighted by Crippen LogP contribution is -1.92. The summed E-state index contributed by atoms with van der Waals surface area (Å²) in [5, 5.41) is 0.195. The molecule has 0 fully saturated rings. The second kappa shape index (κ2) is 4.53. The summed E-state index contributed by atoms with van der Waals surface area (Å²) in [4.78, 5) is 20.1. The first-order valence-electron chi connectivity index (χ1n) is 6.58. The lowest BCUT2D eigenvalue weighted by atomic mass is 10.1. The molecule has 1 N–H and O–H groups in total. The Balaban J connectivity index is 1.97. The lowest BCUT2D eigenvalue weighted by molar-refractivity contribution is 0.787. The molecule has 0 spiro atoms. The van der Waals surface area contributed by atoms with Crippen molar-refractivity contribution in [1.82, 2.24) is 29.5 Å². The molecule has 0 radical (unpaired) electrons. The molecule has 6 nitrogen and oxygen atoms in total. The zero-order chi connectivity index (χ0) is 14.4. The number of aryl methyl sites for hydroxylation is 1. The SMILES string of the molecule is CCn1cnc2cc(-c3nc(Cl)nc4[nH]cnc34)ccc21. The molecule has 0 amide bonds. The van der Waals surface area contributed by atoms with Crippen molar-refractivity contribution in [3.8, 4) is 11.3 Å². The second-order valence-corrected chi connectivity index (χ2v) is 5.01. The number of fused-ring (bicyclic) bond motifs is 2. The Hall–Kier alpha value is -2.47. The standard InChI is InChI=1S/C14H11ClN6/c1-2-21-7-18-9-5-8(3-4-10(9)21)11-12-13(17-6-16-12)20-14(15)19-11/h3-7H,2H2,1H3,(H,16,17,19,20). The smallest absolute Gasteiger partial charge is 0.225 e. The summed E-state index contributed by atoms with van der Waals surface area (Å²) in [7, 11) is 0. The van der Waals surface area contributed by atoms with E-state index in [0.29, 0.717) is 16.9 Å². The van der Waals surface area contributed by atoms with Crippen LogP contribution in [-0.2, 0) is 6.54 Å². The second-order valence-electron chi connectivity index (χ2n) is 4.68. The van der Waals surface area contributed by atoms with Crippen LogP contribution in [-0.4, -0.2) is 29.5 Å². The van der Waals surface area contributed by atoms with E-state index in [2.05, 4.69) is 36.4 Å². The monoisotopic (exact) mass is 298 g/mol. The predicted octanol–water partition coefficient (Wildman–Crippen LogP) is 3.04. The lowest BCUT2D eigenvalue weighted by Gasteiger charge is -2.04. The minimum absolute atomic E-state index is 0.195. The molecule has 4 rings (SSSR count). The van der Waals surface area contributed by atoms with Gasteiger partial charge in [-0.3, -0.25) is 0 Å². The molecule has 0 atom stereocenters. The summed E-state index contributed by atoms with van der Waals surface area (Å²) in [5.74, 6) is 0. The van der Waals surface area contributed by atoms with Gasteiger partial charge in [0.15, 0.2) is 5.65 Å². The Morgan fingerprint density at radius 2 is 2.14 bits per heavy atom. The Labute approximate surface area is 124 Å². The number of H-pyrrole nitrogens is 1. The summed E-state index contributed by atoms with van der Waals surface area (Å²) in [6.45, 7) is 2.98. The van der Waals surface area contributed by atoms with Crippen LogP contribution in [0.4, 0.5) is 0 Å². The van der Waals surface area contributed by atoms with Crippen LogP contribution in [0.1, 0.15) is 6.92 Å². The number of nitrogens with zero attached hydrogens (tertiary/aromatic N) is 5. The third-order valence-electron chi connectivity index (χ3n) is 3.49. The molecule has 1 aromatic carbocycles. The highest BCUT2D eigenvalue weighted by Crippen LogP contribution is 2.27. The molecule has 0 aliphatic heterocycles. The van der Waals surface area contributed by atoms with Gasteiger partial charge in [-0.05, 0) is 30.7 Å². The van der Waals surface area contributed by atoms with Gasteiger partial charge in [0.2, 0.25) is 5.28 Å². The third-order valence-corrected chi connectivity index (χ3v) is 3.66. The Morgan fingerprint density at radius 3 is 3.00 bits per heavy atom. The molecule has 104 valence electrons. The van der Waals surface area contributed by atoms with Gasteiger partial charge in [0.05, 0.1) is 23.7 Å². The van der Waals surface area contributed by atoms with Crippen molar-refractivity contribution < 1.29 is 0 Å². The molecule has 0 saturated carbocycles. The molecular weight excluding hydrogens is 288 g/mol. The van der Waals surface area contributed by atoms with Gasteiger partial charge in [-0.2, -0.15) is 4.98 Å². The molecule has 3 heterocycles. The quantitative estimate of drug-likeness (QED) is 0.577. The number of aromatic nitrogens is 6. The number of rotatable bonds is 2. The van der Waals surface area contributed by atoms with Crippen molar-refractivity contribution in [3.05, 3.63) is 36.1 Å². The van der Waals surface area contributed by atoms with E-state index in [9.17, 15) is 0 Å². The van der Waals surface area contributed by atoms with Crippen molar-refractivity contribution in [2.45, 2.75) is 13.5 Å². The van der Waals surface area contributed by atoms with Gasteiger partial charge >= 0.3 is 0 Å². The van der Waals surface area contributed by atoms with E-state index in [1.165, 1.54) is 0 Å². The van der Waals surface area contributed by atoms with E-state index in [-0.39, 0.29) is 5.28 Å². The average molecular weight is 299 g/mol. The largest absolute Gasteiger partial charge is 0.331 e. The van der Waals surface area contributed by atoms with Crippen molar-refractivity contribution in [3.63, 3.8) is 0 Å². The van der Waals surface area contributed by atoms with Crippen LogP contribution in [0.15, 0.2) is 30.9 Å². The number of hydrogen-bond acceptors (Lipinski definition) is 4. The Kier molecular flexibility index (Phi) is 2.65. The molecule has 0 saturated heterocycles. The summed E-state index contributed by atoms with van der Waals surface area (Å²) in [5.41, 5.74) is 4.98. The number of aromatic amines is 1. The zero-order valence-electron chi connectivity index (χ0n) is 11.2. The highest BCUT2D eigenvalue weighted by Gasteiger charge is 2.12. The first-order valence-corrected chi connectivity index (χ1v) is 6.96. The van der Waals surface area contributed by atoms with Gasteiger partial charge in [0.25, 0.3) is 0 Å². The Morgan fingerprint density at radius 1 is 1.24 bits per heavy atom. The first-order chi connectivity index (χ1) is 10.3. The molecule has 0 aliphatic rings. The number of halogens is 1. The van der Waals surface area contributed by atoms with Gasteiger partial charge in [0.1, 0.15) is 11.2 Å². The Bertz CT molecular complexity index is 955. The van der Waals surface area contributed by atoms with Crippen molar-refractivity contribution >= 4 is 33.8 Å². The molecule has 21 heavy (non-hydrogen) atoms. The normalized spacial score (nSPS) is 11.5. The van der Waals surface area contributed by atoms with E-state index in [4.69, 9.17) is 11.6 Å². The van der Waals surface area contributed by atoms with Crippen molar-refractivity contribution in [2.24, 2.45) is 0 Å². The zero-order valence-corrected chi connectivity index (χ0v) is 12.0. The van der Waals surface area contributed by atoms with E-state index < -0.39 is 0 Å². The highest BCUT2D eigenvalue weighted by atomic mass is 35.5. The summed E-state index contributed by atoms with van der Waals surface area (Å²) < 4.78 is 2.09. The van der Waals surface area contributed by atoms with Crippen LogP contribution < -0.4 is 0 Å². The average Bonchev–Trinajstić information content (AvgIpc) is 3.11. The minimum atomic E-state index is 0.195. The van der Waals surface area contributed by atoms with E-state index in [1.807, 2.05) is 24.5 Å². The van der Waals surface area contributed by atoms with Crippen LogP contribution in [0.3, 0.4) is 0 Å². The van der Waals surface area contributed by atoms with Crippen LogP contribution in [0.2, 0.25) is 5.28 Å². The fourth-order valence-electron chi connectivity index (χ4n) is 2.47. The van der Waals surface area contributed by atoms with E-state index in [1.54, 1.807) is 6.33 Å². The molecule has 7 heteroatoms. The van der Waals surface area contributed by atoms with E-state index in [0.717, 1.165) is 23.1 Å². The summed E-state index contributed by atoms with van der Waals surface area (Å²) in [6, 6.07) is 6.03. The molecule has 0 unspecified atom stereocenters. The molecule has 0 bridgehead atoms. The van der Waals surface area contributed by atoms with Crippen molar-refractivity contribution in [2.75, 3.05) is 0 Å². The summed E-state index contributed by atoms with van der Waals surface area (Å²) >= 11 is 5.99. The maximum Gasteiger partial charge on any atom is 0.225 e. The van der Waals surface area contributed by atoms with Crippen LogP contribution >= 0.6 is 11.6 Å². The van der Waals surface area contributed by atoms with Gasteiger partial charge in [-0.15, -0.1) is 0 Å². The maximum absolute atomic E-state index is 5.99. The van der Waals surface area contributed by atoms with Gasteiger partial charge in [-0.25, -0.2) is 15.0 Å². The molecular formula is C14H11ClN6. The predicted molar refractivity (Wildman–Crippen MR) is 81.1 cm³/mol. The minimum Gasteiger partial charge on any atom is -0.331 e. The molecule has 0 aliphatic carbocycles. The van der Waals surface area contributed by atoms with E-state index >= 15 is 0 Å². The van der Waals surface area contributed by atoms with Gasteiger partial charge < -0.3 is 9.55 Å². The maximum atomic E-state index is 5.99. The van der Waals surface area contributed by atoms with Crippen LogP contribution in [0.25, 0.3) is 33.5 Å². The van der Waals surface area contributed by atoms with Gasteiger partial charge in [0, 0.05) is 12.1 Å². The fourth-order valence-corrected chi connectivity index (χ4v) is 2.64. The molecule has 4 aromatic rings. The summed E-state index contributed by atoms with van der Waals surface area (Å²) in [6.07, 6.45) is 3.43. The third kappa shape index (κ3) is 1.87. The van der Waals surface area contributed by atoms with Gasteiger partial charge in [-0.1, -0.05) is 6.07 Å². The molecule has 3 aromatic heterocycles.